The molecule has 0 aliphatic carbocycles. The van der Waals surface area contributed by atoms with Gasteiger partial charge in [-0.2, -0.15) is 0 Å². The SMILES string of the molecule is CCCC[C@H](NC(=O)[C@@H]1CCCN1C(=O)CNC(=O)[C@H](CCCCN)NC(=O)[C@H](Cc1cnc[nH]1)NC(=O)[C@H](CO)NC(=O)[C@H](CC(C)C)NC(=O)[C@H](CCCNC(=N)N)NC(=O)[C@@H]1CCCN1C(=O)[C@H](CCCNC(=N)N)NC(=O)[C@@H]1CCC(=O)N1)C(=O)N[C@H](Cc1cccc2ccccc12)C(=O)N1Cc2ccccc2C[C@@H]1C(=O)O. The zero-order valence-corrected chi connectivity index (χ0v) is 66.4. The number of hydrogen-bond acceptors (Lipinski definition) is 19. The Morgan fingerprint density at radius 1 is 0.564 bits per heavy atom. The standard InChI is InChI=1S/C79H114N22O16/c1-4-5-23-53(68(107)97-59(37-48-21-12-20-46-17-8-9-22-51(46)48)76(115)101-42-49-19-7-6-18-47(49)38-63(101)77(116)117)92-73(112)61-27-15-34-99(61)65(104)41-88-66(105)52(24-10-11-31-80)91-71(110)58(39-50-40-85-44-89-50)96-72(111)60(43-102)98-70(109)57(36-45(2)3)95-67(106)54(25-13-32-86-78(81)82)93-74(113)62-28-16-35-100(62)75(114)56(26-14-33-87-79(83)84)94-69(108)55-29-30-64(103)90-55/h6-9,12,17-22,40,44-45,52-63,102H,4-5,10-11,13-16,23-39,41-43,80H2,1-3H3,(H,85,89)(H,88,105)(H,90,103)(H,91,110)(H,92,112)(H,93,113)(H,94,108)(H,95,106)(H,96,111)(H,97,107)(H,98,109)(H,116,117)(H4,81,82,86)(H4,83,84,87)/t52-,53-,54-,55-,56-,57-,58-,59+,60-,61-,62-,63+/m0/s1. The Morgan fingerprint density at radius 3 is 1.72 bits per heavy atom. The highest BCUT2D eigenvalue weighted by Crippen LogP contribution is 2.28. The second-order valence-electron chi connectivity index (χ2n) is 30.4. The minimum absolute atomic E-state index is 0.0184. The zero-order valence-electron chi connectivity index (χ0n) is 66.4. The van der Waals surface area contributed by atoms with E-state index in [9.17, 15) is 77.3 Å². The van der Waals surface area contributed by atoms with Gasteiger partial charge in [-0.05, 0) is 130 Å². The van der Waals surface area contributed by atoms with Crippen LogP contribution in [0, 0.1) is 16.7 Å². The fourth-order valence-corrected chi connectivity index (χ4v) is 15.0. The summed E-state index contributed by atoms with van der Waals surface area (Å²) >= 11 is 0. The summed E-state index contributed by atoms with van der Waals surface area (Å²) < 4.78 is 0. The van der Waals surface area contributed by atoms with Gasteiger partial charge in [-0.15, -0.1) is 0 Å². The normalized spacial score (nSPS) is 18.3. The lowest BCUT2D eigenvalue weighted by Crippen LogP contribution is -2.61. The number of rotatable bonds is 44. The molecule has 38 nitrogen and oxygen atoms in total. The van der Waals surface area contributed by atoms with Gasteiger partial charge in [0.1, 0.15) is 72.5 Å². The zero-order chi connectivity index (χ0) is 84.8. The number of amides is 13. The van der Waals surface area contributed by atoms with Crippen LogP contribution in [0.1, 0.15) is 152 Å². The minimum Gasteiger partial charge on any atom is -0.480 e. The first-order chi connectivity index (χ1) is 56.1. The van der Waals surface area contributed by atoms with Gasteiger partial charge in [0.2, 0.25) is 76.8 Å². The topological polar surface area (TPSA) is 588 Å². The smallest absolute Gasteiger partial charge is 0.326 e. The van der Waals surface area contributed by atoms with Gasteiger partial charge >= 0.3 is 5.97 Å². The molecule has 0 spiro atoms. The number of aliphatic hydroxyl groups is 1. The van der Waals surface area contributed by atoms with Crippen LogP contribution in [0.5, 0.6) is 0 Å². The molecule has 3 saturated heterocycles. The molecule has 38 heteroatoms. The molecular weight excluding hydrogens is 1510 g/mol. The van der Waals surface area contributed by atoms with Crippen LogP contribution >= 0.6 is 0 Å². The third-order valence-corrected chi connectivity index (χ3v) is 21.2. The first-order valence-electron chi connectivity index (χ1n) is 40.2. The summed E-state index contributed by atoms with van der Waals surface area (Å²) in [5, 5.41) is 70.2. The number of nitrogens with one attached hydrogen (secondary N) is 15. The second-order valence-corrected chi connectivity index (χ2v) is 30.4. The molecule has 4 aromatic rings. The molecule has 23 N–H and O–H groups in total. The maximum absolute atomic E-state index is 15.0. The summed E-state index contributed by atoms with van der Waals surface area (Å²) in [6.07, 6.45) is 6.01. The molecule has 5 heterocycles. The van der Waals surface area contributed by atoms with E-state index < -0.39 is 163 Å². The number of carboxylic acid groups (broad SMARTS) is 1. The molecule has 0 bridgehead atoms. The maximum atomic E-state index is 15.0. The van der Waals surface area contributed by atoms with E-state index in [-0.39, 0.29) is 153 Å². The highest BCUT2D eigenvalue weighted by molar-refractivity contribution is 6.01. The van der Waals surface area contributed by atoms with Gasteiger partial charge in [0.15, 0.2) is 11.9 Å². The number of guanidine groups is 2. The number of nitrogens with zero attached hydrogens (tertiary/aromatic N) is 4. The highest BCUT2D eigenvalue weighted by Gasteiger charge is 2.44. The summed E-state index contributed by atoms with van der Waals surface area (Å²) in [6, 6.07) is 4.77. The molecular formula is C79H114N22O16. The predicted molar refractivity (Wildman–Crippen MR) is 428 cm³/mol. The average Bonchev–Trinajstić information content (AvgIpc) is 1.59. The Balaban J connectivity index is 0.915. The number of carbonyl (C=O) groups excluding carboxylic acids is 13. The van der Waals surface area contributed by atoms with Crippen molar-refractivity contribution in [1.82, 2.24) is 88.5 Å². The summed E-state index contributed by atoms with van der Waals surface area (Å²) in [5.74, 6) is -11.8. The van der Waals surface area contributed by atoms with Crippen LogP contribution in [0.3, 0.4) is 0 Å². The van der Waals surface area contributed by atoms with Crippen molar-refractivity contribution in [3.05, 3.63) is 102 Å². The van der Waals surface area contributed by atoms with E-state index in [1.165, 1.54) is 27.2 Å². The number of aromatic nitrogens is 2. The summed E-state index contributed by atoms with van der Waals surface area (Å²) in [6.45, 7) is 4.32. The number of aliphatic carboxylic acids is 1. The fourth-order valence-electron chi connectivity index (χ4n) is 15.0. The summed E-state index contributed by atoms with van der Waals surface area (Å²) in [4.78, 5) is 209. The van der Waals surface area contributed by atoms with Crippen molar-refractivity contribution in [2.45, 2.75) is 228 Å². The lowest BCUT2D eigenvalue weighted by Gasteiger charge is -2.37. The quantitative estimate of drug-likeness (QED) is 0.0124. The average molecular weight is 1630 g/mol. The Morgan fingerprint density at radius 2 is 1.10 bits per heavy atom. The third kappa shape index (κ3) is 26.6. The van der Waals surface area contributed by atoms with E-state index in [2.05, 4.69) is 73.8 Å². The Bertz CT molecular complexity index is 4180. The predicted octanol–water partition coefficient (Wildman–Crippen LogP) is -2.47. The van der Waals surface area contributed by atoms with Gasteiger partial charge in [0, 0.05) is 70.3 Å². The summed E-state index contributed by atoms with van der Waals surface area (Å²) in [7, 11) is 0. The largest absolute Gasteiger partial charge is 0.480 e. The number of fused-ring (bicyclic) bond motifs is 2. The van der Waals surface area contributed by atoms with E-state index in [4.69, 9.17) is 28.0 Å². The molecule has 1 aromatic heterocycles. The van der Waals surface area contributed by atoms with Crippen molar-refractivity contribution < 1.29 is 77.3 Å². The van der Waals surface area contributed by atoms with Gasteiger partial charge in [0.25, 0.3) is 0 Å². The van der Waals surface area contributed by atoms with Crippen LogP contribution < -0.4 is 81.0 Å². The highest BCUT2D eigenvalue weighted by atomic mass is 16.4. The molecule has 0 radical (unpaired) electrons. The number of H-pyrrole nitrogens is 1. The number of carboxylic acids is 1. The van der Waals surface area contributed by atoms with Gasteiger partial charge in [-0.3, -0.25) is 73.1 Å². The first-order valence-corrected chi connectivity index (χ1v) is 40.2. The van der Waals surface area contributed by atoms with Crippen molar-refractivity contribution >= 4 is 105 Å². The van der Waals surface area contributed by atoms with Crippen molar-refractivity contribution in [3.63, 3.8) is 0 Å². The molecule has 636 valence electrons. The van der Waals surface area contributed by atoms with Crippen LogP contribution in [0.4, 0.5) is 0 Å². The molecule has 3 fully saturated rings. The number of likely N-dealkylation sites (tertiary alicyclic amines) is 2. The van der Waals surface area contributed by atoms with Crippen LogP contribution in [0.2, 0.25) is 0 Å². The number of benzene rings is 3. The number of nitrogens with two attached hydrogens (primary N) is 3. The third-order valence-electron chi connectivity index (χ3n) is 21.2. The number of carbonyl (C=O) groups is 14. The van der Waals surface area contributed by atoms with E-state index in [0.717, 1.165) is 21.9 Å². The Hall–Kier alpha value is -11.8. The number of aromatic amines is 1. The fraction of sp³-hybridized carbons (Fsp3) is 0.557. The van der Waals surface area contributed by atoms with Crippen LogP contribution in [0.25, 0.3) is 10.8 Å². The summed E-state index contributed by atoms with van der Waals surface area (Å²) in [5.41, 5.74) is 19.4. The molecule has 8 rings (SSSR count). The number of hydrogen-bond donors (Lipinski definition) is 20. The van der Waals surface area contributed by atoms with E-state index in [1.54, 1.807) is 26.0 Å². The lowest BCUT2D eigenvalue weighted by molar-refractivity contribution is -0.152. The molecule has 0 unspecified atom stereocenters. The Kier molecular flexibility index (Phi) is 34.8. The Labute approximate surface area is 678 Å². The van der Waals surface area contributed by atoms with Crippen LogP contribution in [0.15, 0.2) is 79.3 Å². The maximum Gasteiger partial charge on any atom is 0.326 e. The number of unbranched alkanes of at least 4 members (excludes halogenated alkanes) is 2. The van der Waals surface area contributed by atoms with E-state index >= 15 is 0 Å². The number of imidazole rings is 1. The van der Waals surface area contributed by atoms with Crippen molar-refractivity contribution in [2.75, 3.05) is 45.9 Å². The lowest BCUT2D eigenvalue weighted by atomic mass is 9.92. The van der Waals surface area contributed by atoms with E-state index in [0.29, 0.717) is 49.8 Å². The van der Waals surface area contributed by atoms with Crippen LogP contribution in [-0.4, -0.2) is 248 Å². The first kappa shape index (κ1) is 90.7. The van der Waals surface area contributed by atoms with E-state index in [1.807, 2.05) is 61.5 Å². The second kappa shape index (κ2) is 44.9. The number of aliphatic hydroxyl groups excluding tert-OH is 1. The van der Waals surface area contributed by atoms with Crippen molar-refractivity contribution in [3.8, 4) is 0 Å². The molecule has 117 heavy (non-hydrogen) atoms. The van der Waals surface area contributed by atoms with Gasteiger partial charge < -0.3 is 111 Å². The van der Waals surface area contributed by atoms with Gasteiger partial charge in [-0.25, -0.2) is 9.78 Å². The molecule has 3 aromatic carbocycles. The molecule has 4 aliphatic rings. The van der Waals surface area contributed by atoms with Crippen molar-refractivity contribution in [1.29, 1.82) is 10.8 Å². The monoisotopic (exact) mass is 1630 g/mol. The molecule has 13 amide bonds. The molecule has 0 saturated carbocycles. The minimum atomic E-state index is -1.78. The van der Waals surface area contributed by atoms with Crippen molar-refractivity contribution in [2.24, 2.45) is 23.1 Å². The van der Waals surface area contributed by atoms with Gasteiger partial charge in [0.05, 0.1) is 19.5 Å². The molecule has 12 atom stereocenters. The van der Waals surface area contributed by atoms with Crippen LogP contribution in [-0.2, 0) is 92.9 Å². The van der Waals surface area contributed by atoms with Gasteiger partial charge in [-0.1, -0.05) is 100 Å². The molecule has 4 aliphatic heterocycles.